The lowest BCUT2D eigenvalue weighted by molar-refractivity contribution is 0.121. The molecule has 0 saturated carbocycles. The van der Waals surface area contributed by atoms with Gasteiger partial charge in [0.2, 0.25) is 0 Å². The van der Waals surface area contributed by atoms with Crippen LogP contribution < -0.4 is 4.74 Å². The van der Waals surface area contributed by atoms with Gasteiger partial charge in [-0.15, -0.1) is 0 Å². The molecule has 1 fully saturated rings. The second kappa shape index (κ2) is 8.95. The molecule has 0 unspecified atom stereocenters. The second-order valence-corrected chi connectivity index (χ2v) is 5.44. The van der Waals surface area contributed by atoms with E-state index < -0.39 is 0 Å². The standard InChI is InChI=1S/C18H22N4O/c1-2-21-7-9-22(10-8-21)11-12-23-18-6-4-3-5-17(18)13-16(14-19)15-20/h3-6,13H,2,7-12H2,1H3. The number of hydrogen-bond acceptors (Lipinski definition) is 5. The van der Waals surface area contributed by atoms with Crippen LogP contribution in [0.5, 0.6) is 5.75 Å². The summed E-state index contributed by atoms with van der Waals surface area (Å²) in [4.78, 5) is 4.85. The SMILES string of the molecule is CCN1CCN(CCOc2ccccc2C=C(C#N)C#N)CC1. The first-order valence-corrected chi connectivity index (χ1v) is 7.95. The van der Waals surface area contributed by atoms with Crippen LogP contribution >= 0.6 is 0 Å². The normalized spacial score (nSPS) is 15.4. The molecule has 1 aliphatic heterocycles. The summed E-state index contributed by atoms with van der Waals surface area (Å²) in [5.41, 5.74) is 0.845. The van der Waals surface area contributed by atoms with E-state index in [1.54, 1.807) is 6.08 Å². The lowest BCUT2D eigenvalue weighted by Gasteiger charge is -2.33. The fourth-order valence-electron chi connectivity index (χ4n) is 2.59. The van der Waals surface area contributed by atoms with Gasteiger partial charge in [-0.05, 0) is 18.7 Å². The quantitative estimate of drug-likeness (QED) is 0.753. The Balaban J connectivity index is 1.88. The number of hydrogen-bond donors (Lipinski definition) is 0. The number of nitrogens with zero attached hydrogens (tertiary/aromatic N) is 4. The van der Waals surface area contributed by atoms with Gasteiger partial charge in [-0.25, -0.2) is 0 Å². The number of nitriles is 2. The number of para-hydroxylation sites is 1. The smallest absolute Gasteiger partial charge is 0.130 e. The van der Waals surface area contributed by atoms with Crippen LogP contribution in [0.25, 0.3) is 6.08 Å². The van der Waals surface area contributed by atoms with Crippen LogP contribution in [-0.2, 0) is 0 Å². The highest BCUT2D eigenvalue weighted by Gasteiger charge is 2.15. The minimum atomic E-state index is 0.0803. The zero-order valence-corrected chi connectivity index (χ0v) is 13.5. The van der Waals surface area contributed by atoms with Gasteiger partial charge in [0.05, 0.1) is 0 Å². The summed E-state index contributed by atoms with van der Waals surface area (Å²) in [6, 6.07) is 11.2. The molecule has 1 heterocycles. The Morgan fingerprint density at radius 2 is 1.78 bits per heavy atom. The number of benzene rings is 1. The molecule has 5 nitrogen and oxygen atoms in total. The first-order valence-electron chi connectivity index (χ1n) is 7.95. The average molecular weight is 310 g/mol. The van der Waals surface area contributed by atoms with Gasteiger partial charge in [-0.3, -0.25) is 4.90 Å². The van der Waals surface area contributed by atoms with Gasteiger partial charge in [0, 0.05) is 38.3 Å². The van der Waals surface area contributed by atoms with Crippen LogP contribution in [0.3, 0.4) is 0 Å². The first kappa shape index (κ1) is 17.0. The molecule has 0 aromatic heterocycles. The maximum Gasteiger partial charge on any atom is 0.130 e. The molecule has 120 valence electrons. The summed E-state index contributed by atoms with van der Waals surface area (Å²) < 4.78 is 5.86. The third kappa shape index (κ3) is 5.10. The van der Waals surface area contributed by atoms with Crippen LogP contribution in [0.15, 0.2) is 29.8 Å². The van der Waals surface area contributed by atoms with E-state index in [0.29, 0.717) is 12.4 Å². The largest absolute Gasteiger partial charge is 0.492 e. The van der Waals surface area contributed by atoms with E-state index >= 15 is 0 Å². The van der Waals surface area contributed by atoms with Gasteiger partial charge < -0.3 is 9.64 Å². The zero-order valence-electron chi connectivity index (χ0n) is 13.5. The van der Waals surface area contributed by atoms with E-state index in [-0.39, 0.29) is 5.57 Å². The lowest BCUT2D eigenvalue weighted by atomic mass is 10.1. The Bertz CT molecular complexity index is 603. The molecule has 0 N–H and O–H groups in total. The number of allylic oxidation sites excluding steroid dienone is 1. The van der Waals surface area contributed by atoms with E-state index in [4.69, 9.17) is 15.3 Å². The van der Waals surface area contributed by atoms with E-state index in [1.165, 1.54) is 0 Å². The molecule has 0 radical (unpaired) electrons. The van der Waals surface area contributed by atoms with Crippen molar-refractivity contribution in [2.75, 3.05) is 45.9 Å². The minimum Gasteiger partial charge on any atom is -0.492 e. The highest BCUT2D eigenvalue weighted by Crippen LogP contribution is 2.20. The molecule has 1 aromatic rings. The topological polar surface area (TPSA) is 63.3 Å². The van der Waals surface area contributed by atoms with Gasteiger partial charge in [0.15, 0.2) is 0 Å². The third-order valence-corrected chi connectivity index (χ3v) is 4.04. The first-order chi connectivity index (χ1) is 11.3. The van der Waals surface area contributed by atoms with Crippen molar-refractivity contribution >= 4 is 6.08 Å². The average Bonchev–Trinajstić information content (AvgIpc) is 2.61. The van der Waals surface area contributed by atoms with Crippen molar-refractivity contribution in [3.63, 3.8) is 0 Å². The highest BCUT2D eigenvalue weighted by atomic mass is 16.5. The molecule has 0 spiro atoms. The van der Waals surface area contributed by atoms with Crippen molar-refractivity contribution in [3.8, 4) is 17.9 Å². The van der Waals surface area contributed by atoms with E-state index in [0.717, 1.165) is 44.8 Å². The summed E-state index contributed by atoms with van der Waals surface area (Å²) >= 11 is 0. The van der Waals surface area contributed by atoms with Crippen molar-refractivity contribution in [1.29, 1.82) is 10.5 Å². The molecule has 1 saturated heterocycles. The van der Waals surface area contributed by atoms with Gasteiger partial charge >= 0.3 is 0 Å². The molecule has 2 rings (SSSR count). The molecule has 0 atom stereocenters. The summed E-state index contributed by atoms with van der Waals surface area (Å²) in [5.74, 6) is 0.711. The Kier molecular flexibility index (Phi) is 6.62. The van der Waals surface area contributed by atoms with Crippen molar-refractivity contribution in [2.24, 2.45) is 0 Å². The van der Waals surface area contributed by atoms with Crippen molar-refractivity contribution in [1.82, 2.24) is 9.80 Å². The predicted molar refractivity (Wildman–Crippen MR) is 89.7 cm³/mol. The van der Waals surface area contributed by atoms with Gasteiger partial charge in [-0.2, -0.15) is 10.5 Å². The molecular formula is C18H22N4O. The van der Waals surface area contributed by atoms with Crippen molar-refractivity contribution in [2.45, 2.75) is 6.92 Å². The molecule has 23 heavy (non-hydrogen) atoms. The Morgan fingerprint density at radius 1 is 1.13 bits per heavy atom. The van der Waals surface area contributed by atoms with Gasteiger partial charge in [-0.1, -0.05) is 25.1 Å². The van der Waals surface area contributed by atoms with Crippen LogP contribution in [0.2, 0.25) is 0 Å². The molecular weight excluding hydrogens is 288 g/mol. The molecule has 1 aliphatic rings. The van der Waals surface area contributed by atoms with Crippen LogP contribution in [0.4, 0.5) is 0 Å². The molecule has 1 aromatic carbocycles. The van der Waals surface area contributed by atoms with Gasteiger partial charge in [0.25, 0.3) is 0 Å². The molecule has 0 bridgehead atoms. The number of ether oxygens (including phenoxy) is 1. The molecule has 5 heteroatoms. The third-order valence-electron chi connectivity index (χ3n) is 4.04. The second-order valence-electron chi connectivity index (χ2n) is 5.44. The number of likely N-dealkylation sites (N-methyl/N-ethyl adjacent to an activating group) is 1. The molecule has 0 amide bonds. The summed E-state index contributed by atoms with van der Waals surface area (Å²) in [6.45, 7) is 9.18. The predicted octanol–water partition coefficient (Wildman–Crippen LogP) is 2.13. The Labute approximate surface area is 138 Å². The number of piperazine rings is 1. The monoisotopic (exact) mass is 310 g/mol. The van der Waals surface area contributed by atoms with Crippen LogP contribution in [0.1, 0.15) is 12.5 Å². The zero-order chi connectivity index (χ0) is 16.5. The van der Waals surface area contributed by atoms with Crippen molar-refractivity contribution < 1.29 is 4.74 Å². The summed E-state index contributed by atoms with van der Waals surface area (Å²) in [7, 11) is 0. The van der Waals surface area contributed by atoms with Crippen molar-refractivity contribution in [3.05, 3.63) is 35.4 Å². The Morgan fingerprint density at radius 3 is 2.43 bits per heavy atom. The Hall–Kier alpha value is -2.34. The van der Waals surface area contributed by atoms with E-state index in [2.05, 4.69) is 16.7 Å². The van der Waals surface area contributed by atoms with Gasteiger partial charge in [0.1, 0.15) is 30.1 Å². The highest BCUT2D eigenvalue weighted by molar-refractivity contribution is 5.66. The maximum atomic E-state index is 8.87. The maximum absolute atomic E-state index is 8.87. The number of rotatable bonds is 6. The fraction of sp³-hybridized carbons (Fsp3) is 0.444. The van der Waals surface area contributed by atoms with E-state index in [1.807, 2.05) is 36.4 Å². The summed E-state index contributed by atoms with van der Waals surface area (Å²) in [5, 5.41) is 17.7. The lowest BCUT2D eigenvalue weighted by Crippen LogP contribution is -2.47. The van der Waals surface area contributed by atoms with E-state index in [9.17, 15) is 0 Å². The fourth-order valence-corrected chi connectivity index (χ4v) is 2.59. The molecule has 0 aliphatic carbocycles. The summed E-state index contributed by atoms with van der Waals surface area (Å²) in [6.07, 6.45) is 1.56. The minimum absolute atomic E-state index is 0.0803. The van der Waals surface area contributed by atoms with Crippen LogP contribution in [0, 0.1) is 22.7 Å². The van der Waals surface area contributed by atoms with Crippen LogP contribution in [-0.4, -0.2) is 55.7 Å².